The number of halogens is 1. The lowest BCUT2D eigenvalue weighted by Gasteiger charge is -2.37. The van der Waals surface area contributed by atoms with Crippen molar-refractivity contribution in [1.29, 1.82) is 0 Å². The van der Waals surface area contributed by atoms with Crippen molar-refractivity contribution in [3.63, 3.8) is 0 Å². The number of rotatable bonds is 7. The minimum atomic E-state index is -3.60. The number of hydrogen-bond acceptors (Lipinski definition) is 5. The molecule has 0 spiro atoms. The van der Waals surface area contributed by atoms with Gasteiger partial charge >= 0.3 is 0 Å². The van der Waals surface area contributed by atoms with Crippen LogP contribution in [0.2, 0.25) is 0 Å². The third-order valence-electron chi connectivity index (χ3n) is 4.48. The maximum atomic E-state index is 12.8. The molecule has 1 aromatic rings. The second-order valence-electron chi connectivity index (χ2n) is 6.40. The molecule has 2 N–H and O–H groups in total. The van der Waals surface area contributed by atoms with Gasteiger partial charge in [-0.25, -0.2) is 16.8 Å². The highest BCUT2D eigenvalue weighted by Crippen LogP contribution is 2.23. The Kier molecular flexibility index (Phi) is 8.34. The van der Waals surface area contributed by atoms with Gasteiger partial charge in [0.2, 0.25) is 20.0 Å². The SMILES string of the molecule is CCCCS(=O)(=O)Nc1ccc(S(=O)(=O)N2CCNC(C)C2C)cc1.Cl. The molecular formula is C16H28ClN3O4S2. The summed E-state index contributed by atoms with van der Waals surface area (Å²) < 4.78 is 53.5. The van der Waals surface area contributed by atoms with Gasteiger partial charge in [-0.1, -0.05) is 13.3 Å². The molecule has 1 heterocycles. The van der Waals surface area contributed by atoms with Crippen molar-refractivity contribution in [3.05, 3.63) is 24.3 Å². The molecule has 1 aliphatic heterocycles. The zero-order valence-electron chi connectivity index (χ0n) is 15.3. The largest absolute Gasteiger partial charge is 0.311 e. The maximum absolute atomic E-state index is 12.8. The van der Waals surface area contributed by atoms with Crippen LogP contribution >= 0.6 is 12.4 Å². The van der Waals surface area contributed by atoms with Crippen molar-refractivity contribution < 1.29 is 16.8 Å². The first-order chi connectivity index (χ1) is 11.7. The molecule has 1 aromatic carbocycles. The molecule has 150 valence electrons. The second-order valence-corrected chi connectivity index (χ2v) is 10.1. The van der Waals surface area contributed by atoms with Gasteiger partial charge in [-0.15, -0.1) is 12.4 Å². The Morgan fingerprint density at radius 1 is 1.15 bits per heavy atom. The summed E-state index contributed by atoms with van der Waals surface area (Å²) in [6.45, 7) is 6.79. The minimum Gasteiger partial charge on any atom is -0.311 e. The zero-order chi connectivity index (χ0) is 18.7. The molecule has 0 radical (unpaired) electrons. The molecule has 0 amide bonds. The lowest BCUT2D eigenvalue weighted by molar-refractivity contribution is 0.233. The fourth-order valence-electron chi connectivity index (χ4n) is 2.76. The molecule has 2 atom stereocenters. The van der Waals surface area contributed by atoms with E-state index in [2.05, 4.69) is 10.0 Å². The van der Waals surface area contributed by atoms with E-state index < -0.39 is 20.0 Å². The van der Waals surface area contributed by atoms with Crippen LogP contribution in [-0.4, -0.2) is 52.1 Å². The molecule has 0 saturated carbocycles. The lowest BCUT2D eigenvalue weighted by Crippen LogP contribution is -2.57. The summed E-state index contributed by atoms with van der Waals surface area (Å²) in [7, 11) is -7.00. The summed E-state index contributed by atoms with van der Waals surface area (Å²) >= 11 is 0. The van der Waals surface area contributed by atoms with Crippen LogP contribution in [-0.2, 0) is 20.0 Å². The lowest BCUT2D eigenvalue weighted by atomic mass is 10.1. The van der Waals surface area contributed by atoms with Crippen LogP contribution in [0.1, 0.15) is 33.6 Å². The maximum Gasteiger partial charge on any atom is 0.243 e. The van der Waals surface area contributed by atoms with Crippen molar-refractivity contribution in [2.24, 2.45) is 0 Å². The van der Waals surface area contributed by atoms with Crippen LogP contribution in [0, 0.1) is 0 Å². The molecule has 10 heteroatoms. The average Bonchev–Trinajstić information content (AvgIpc) is 2.55. The van der Waals surface area contributed by atoms with Crippen molar-refractivity contribution in [2.45, 2.75) is 50.6 Å². The average molecular weight is 426 g/mol. The van der Waals surface area contributed by atoms with E-state index in [9.17, 15) is 16.8 Å². The van der Waals surface area contributed by atoms with Gasteiger partial charge in [-0.2, -0.15) is 4.31 Å². The number of piperazine rings is 1. The van der Waals surface area contributed by atoms with Gasteiger partial charge in [0.15, 0.2) is 0 Å². The van der Waals surface area contributed by atoms with Crippen LogP contribution in [0.3, 0.4) is 0 Å². The fraction of sp³-hybridized carbons (Fsp3) is 0.625. The molecule has 0 aromatic heterocycles. The summed E-state index contributed by atoms with van der Waals surface area (Å²) in [5.74, 6) is 0.0553. The third kappa shape index (κ3) is 5.56. The van der Waals surface area contributed by atoms with Crippen molar-refractivity contribution >= 4 is 38.1 Å². The molecule has 0 bridgehead atoms. The highest BCUT2D eigenvalue weighted by molar-refractivity contribution is 7.92. The molecule has 1 fully saturated rings. The van der Waals surface area contributed by atoms with Crippen molar-refractivity contribution in [2.75, 3.05) is 23.6 Å². The topological polar surface area (TPSA) is 95.6 Å². The van der Waals surface area contributed by atoms with Crippen LogP contribution in [0.5, 0.6) is 0 Å². The molecular weight excluding hydrogens is 398 g/mol. The fourth-order valence-corrected chi connectivity index (χ4v) is 5.73. The Morgan fingerprint density at radius 3 is 2.35 bits per heavy atom. The van der Waals surface area contributed by atoms with Gasteiger partial charge in [-0.05, 0) is 44.5 Å². The Hall–Kier alpha value is -0.870. The zero-order valence-corrected chi connectivity index (χ0v) is 17.8. The first kappa shape index (κ1) is 23.2. The highest BCUT2D eigenvalue weighted by atomic mass is 35.5. The van der Waals surface area contributed by atoms with Gasteiger partial charge in [-0.3, -0.25) is 4.72 Å². The molecule has 26 heavy (non-hydrogen) atoms. The molecule has 1 aliphatic rings. The van der Waals surface area contributed by atoms with Gasteiger partial charge in [0.1, 0.15) is 0 Å². The summed E-state index contributed by atoms with van der Waals surface area (Å²) in [5, 5.41) is 3.25. The molecule has 2 rings (SSSR count). The number of sulfonamides is 2. The predicted molar refractivity (Wildman–Crippen MR) is 107 cm³/mol. The normalized spacial score (nSPS) is 21.8. The Balaban J connectivity index is 0.00000338. The quantitative estimate of drug-likeness (QED) is 0.696. The van der Waals surface area contributed by atoms with Crippen molar-refractivity contribution in [1.82, 2.24) is 9.62 Å². The third-order valence-corrected chi connectivity index (χ3v) is 7.85. The monoisotopic (exact) mass is 425 g/mol. The standard InChI is InChI=1S/C16H27N3O4S2.ClH/c1-4-5-12-24(20,21)18-15-6-8-16(9-7-15)25(22,23)19-11-10-17-13(2)14(19)3;/h6-9,13-14,17-18H,4-5,10-12H2,1-3H3;1H. The van der Waals surface area contributed by atoms with Gasteiger partial charge in [0.05, 0.1) is 10.6 Å². The number of anilines is 1. The van der Waals surface area contributed by atoms with Crippen LogP contribution < -0.4 is 10.0 Å². The Labute approximate surface area is 163 Å². The van der Waals surface area contributed by atoms with E-state index in [1.165, 1.54) is 28.6 Å². The summed E-state index contributed by atoms with van der Waals surface area (Å²) in [6, 6.07) is 5.82. The van der Waals surface area contributed by atoms with Crippen LogP contribution in [0.25, 0.3) is 0 Å². The summed E-state index contributed by atoms with van der Waals surface area (Å²) in [5.41, 5.74) is 0.372. The van der Waals surface area contributed by atoms with Crippen molar-refractivity contribution in [3.8, 4) is 0 Å². The number of nitrogens with one attached hydrogen (secondary N) is 2. The first-order valence-electron chi connectivity index (χ1n) is 8.53. The highest BCUT2D eigenvalue weighted by Gasteiger charge is 2.34. The van der Waals surface area contributed by atoms with E-state index in [0.29, 0.717) is 25.2 Å². The van der Waals surface area contributed by atoms with E-state index in [-0.39, 0.29) is 35.1 Å². The second kappa shape index (κ2) is 9.36. The molecule has 0 aliphatic carbocycles. The van der Waals surface area contributed by atoms with Gasteiger partial charge < -0.3 is 5.32 Å². The molecule has 1 saturated heterocycles. The number of nitrogens with zero attached hydrogens (tertiary/aromatic N) is 1. The number of hydrogen-bond donors (Lipinski definition) is 2. The van der Waals surface area contributed by atoms with E-state index >= 15 is 0 Å². The predicted octanol–water partition coefficient (Wildman–Crippen LogP) is 2.02. The molecule has 2 unspecified atom stereocenters. The molecule has 7 nitrogen and oxygen atoms in total. The Morgan fingerprint density at radius 2 is 1.77 bits per heavy atom. The first-order valence-corrected chi connectivity index (χ1v) is 11.6. The van der Waals surface area contributed by atoms with Crippen LogP contribution in [0.15, 0.2) is 29.2 Å². The summed E-state index contributed by atoms with van der Waals surface area (Å²) in [6.07, 6.45) is 1.38. The van der Waals surface area contributed by atoms with Crippen LogP contribution in [0.4, 0.5) is 5.69 Å². The number of benzene rings is 1. The van der Waals surface area contributed by atoms with Gasteiger partial charge in [0, 0.05) is 30.9 Å². The Bertz CT molecular complexity index is 782. The van der Waals surface area contributed by atoms with E-state index in [1.807, 2.05) is 20.8 Å². The van der Waals surface area contributed by atoms with E-state index in [1.54, 1.807) is 0 Å². The van der Waals surface area contributed by atoms with E-state index in [0.717, 1.165) is 6.42 Å². The smallest absolute Gasteiger partial charge is 0.243 e. The summed E-state index contributed by atoms with van der Waals surface area (Å²) in [4.78, 5) is 0.171. The van der Waals surface area contributed by atoms with Gasteiger partial charge in [0.25, 0.3) is 0 Å². The minimum absolute atomic E-state index is 0. The van der Waals surface area contributed by atoms with E-state index in [4.69, 9.17) is 0 Å². The number of unbranched alkanes of at least 4 members (excludes halogenated alkanes) is 1.